The molecule has 3 N–H and O–H groups in total. The zero-order valence-electron chi connectivity index (χ0n) is 37.6. The van der Waals surface area contributed by atoms with E-state index in [0.29, 0.717) is 13.0 Å². The maximum absolute atomic E-state index is 12.6. The van der Waals surface area contributed by atoms with Crippen LogP contribution in [0.15, 0.2) is 24.3 Å². The van der Waals surface area contributed by atoms with E-state index in [1.807, 2.05) is 0 Å². The molecular weight excluding hydrogens is 734 g/mol. The fourth-order valence-electron chi connectivity index (χ4n) is 7.03. The molecule has 0 heterocycles. The number of allylic oxidation sites excluding steroid dienone is 4. The molecule has 57 heavy (non-hydrogen) atoms. The summed E-state index contributed by atoms with van der Waals surface area (Å²) >= 11 is 0. The Morgan fingerprint density at radius 1 is 0.526 bits per heavy atom. The lowest BCUT2D eigenvalue weighted by atomic mass is 10.0. The zero-order valence-corrected chi connectivity index (χ0v) is 38.5. The molecule has 2 unspecified atom stereocenters. The first-order valence-corrected chi connectivity index (χ1v) is 25.8. The Bertz CT molecular complexity index is 930. The molecule has 0 aromatic rings. The number of unbranched alkanes of at least 4 members (excludes halogenated alkanes) is 30. The van der Waals surface area contributed by atoms with Gasteiger partial charge in [0.25, 0.3) is 0 Å². The summed E-state index contributed by atoms with van der Waals surface area (Å²) in [4.78, 5) is 22.5. The van der Waals surface area contributed by atoms with E-state index in [2.05, 4.69) is 38.2 Å². The van der Waals surface area contributed by atoms with Gasteiger partial charge in [-0.3, -0.25) is 13.8 Å². The van der Waals surface area contributed by atoms with Gasteiger partial charge < -0.3 is 20.1 Å². The van der Waals surface area contributed by atoms with E-state index in [0.717, 1.165) is 38.5 Å². The van der Waals surface area contributed by atoms with Crippen molar-refractivity contribution in [3.05, 3.63) is 24.3 Å². The van der Waals surface area contributed by atoms with Crippen LogP contribution in [0.4, 0.5) is 0 Å². The van der Waals surface area contributed by atoms with Crippen LogP contribution in [0.2, 0.25) is 0 Å². The molecule has 0 aliphatic rings. The van der Waals surface area contributed by atoms with Crippen LogP contribution in [0.3, 0.4) is 0 Å². The third-order valence-electron chi connectivity index (χ3n) is 10.6. The normalized spacial score (nSPS) is 13.5. The molecule has 0 fully saturated rings. The van der Waals surface area contributed by atoms with Gasteiger partial charge in [0, 0.05) is 19.6 Å². The van der Waals surface area contributed by atoms with Crippen molar-refractivity contribution in [3.8, 4) is 0 Å². The molecule has 0 amide bonds. The number of esters is 1. The molecule has 9 heteroatoms. The van der Waals surface area contributed by atoms with Crippen LogP contribution in [-0.2, 0) is 27.9 Å². The lowest BCUT2D eigenvalue weighted by molar-refractivity contribution is -0.154. The predicted molar refractivity (Wildman–Crippen MR) is 243 cm³/mol. The SMILES string of the molecule is CCCCCCC/C=C\C/C=C\CCCCCCCCCCCCCCOCC(COP(=O)(O)OCCN)OC(=O)CCCCCCCCCCCCCCCC. The number of nitrogens with two attached hydrogens (primary N) is 1. The quantitative estimate of drug-likeness (QED) is 0.0270. The first-order chi connectivity index (χ1) is 27.9. The lowest BCUT2D eigenvalue weighted by Crippen LogP contribution is -2.28. The molecule has 0 spiro atoms. The van der Waals surface area contributed by atoms with Crippen molar-refractivity contribution in [1.82, 2.24) is 0 Å². The van der Waals surface area contributed by atoms with E-state index in [1.165, 1.54) is 180 Å². The Labute approximate surface area is 353 Å². The molecule has 338 valence electrons. The highest BCUT2D eigenvalue weighted by Crippen LogP contribution is 2.43. The van der Waals surface area contributed by atoms with Crippen LogP contribution in [-0.4, -0.2) is 49.9 Å². The van der Waals surface area contributed by atoms with Crippen LogP contribution in [0.5, 0.6) is 0 Å². The van der Waals surface area contributed by atoms with Gasteiger partial charge in [-0.1, -0.05) is 212 Å². The monoisotopic (exact) mass is 828 g/mol. The fourth-order valence-corrected chi connectivity index (χ4v) is 7.79. The number of ether oxygens (including phenoxy) is 2. The molecule has 0 aromatic carbocycles. The Morgan fingerprint density at radius 2 is 0.930 bits per heavy atom. The highest BCUT2D eigenvalue weighted by atomic mass is 31.2. The first-order valence-electron chi connectivity index (χ1n) is 24.3. The zero-order chi connectivity index (χ0) is 41.6. The highest BCUT2D eigenvalue weighted by molar-refractivity contribution is 7.47. The molecule has 0 aromatic heterocycles. The summed E-state index contributed by atoms with van der Waals surface area (Å²) in [5, 5.41) is 0. The third-order valence-corrected chi connectivity index (χ3v) is 11.6. The van der Waals surface area contributed by atoms with Gasteiger partial charge in [-0.2, -0.15) is 0 Å². The number of hydrogen-bond acceptors (Lipinski definition) is 7. The third kappa shape index (κ3) is 45.9. The molecule has 0 saturated carbocycles. The number of hydrogen-bond donors (Lipinski definition) is 2. The van der Waals surface area contributed by atoms with Crippen molar-refractivity contribution in [2.45, 2.75) is 245 Å². The van der Waals surface area contributed by atoms with E-state index in [9.17, 15) is 14.3 Å². The number of phosphoric acid groups is 1. The Hall–Kier alpha value is -1.02. The van der Waals surface area contributed by atoms with Crippen molar-refractivity contribution in [2.24, 2.45) is 5.73 Å². The minimum atomic E-state index is -4.27. The molecule has 0 aliphatic heterocycles. The number of phosphoric ester groups is 1. The van der Waals surface area contributed by atoms with E-state index in [4.69, 9.17) is 24.3 Å². The molecule has 0 radical (unpaired) electrons. The number of carbonyl (C=O) groups is 1. The average molecular weight is 828 g/mol. The summed E-state index contributed by atoms with van der Waals surface area (Å²) in [5.74, 6) is -0.327. The van der Waals surface area contributed by atoms with Crippen molar-refractivity contribution < 1.29 is 32.8 Å². The maximum atomic E-state index is 12.6. The van der Waals surface area contributed by atoms with Crippen LogP contribution in [0.25, 0.3) is 0 Å². The number of rotatable bonds is 47. The summed E-state index contributed by atoms with van der Waals surface area (Å²) in [6.07, 6.45) is 52.0. The summed E-state index contributed by atoms with van der Waals surface area (Å²) in [5.41, 5.74) is 5.38. The highest BCUT2D eigenvalue weighted by Gasteiger charge is 2.25. The second-order valence-electron chi connectivity index (χ2n) is 16.3. The van der Waals surface area contributed by atoms with Crippen molar-refractivity contribution in [2.75, 3.05) is 33.0 Å². The summed E-state index contributed by atoms with van der Waals surface area (Å²) < 4.78 is 33.5. The minimum Gasteiger partial charge on any atom is -0.457 e. The van der Waals surface area contributed by atoms with Gasteiger partial charge in [-0.25, -0.2) is 4.57 Å². The Kier molecular flexibility index (Phi) is 45.2. The summed E-state index contributed by atoms with van der Waals surface area (Å²) in [6.45, 7) is 4.95. The molecular formula is C48H94NO7P. The maximum Gasteiger partial charge on any atom is 0.472 e. The van der Waals surface area contributed by atoms with Crippen LogP contribution < -0.4 is 5.73 Å². The van der Waals surface area contributed by atoms with Crippen LogP contribution in [0.1, 0.15) is 239 Å². The topological polar surface area (TPSA) is 117 Å². The first kappa shape index (κ1) is 56.0. The smallest absolute Gasteiger partial charge is 0.457 e. The molecule has 0 rings (SSSR count). The molecule has 2 atom stereocenters. The second kappa shape index (κ2) is 46.1. The fraction of sp³-hybridized carbons (Fsp3) is 0.896. The molecule has 0 bridgehead atoms. The average Bonchev–Trinajstić information content (AvgIpc) is 3.20. The standard InChI is InChI=1S/C48H94NO7P/c1-3-5-7-9-11-13-15-17-19-20-21-22-23-24-25-26-27-28-30-32-34-36-38-40-43-53-45-47(46-55-57(51,52)54-44-42-49)56-48(50)41-39-37-35-33-31-29-18-16-14-12-10-8-6-4-2/h15,17,20-21,47H,3-14,16,18-19,22-46,49H2,1-2H3,(H,51,52)/b17-15-,21-20-. The Balaban J connectivity index is 3.90. The van der Waals surface area contributed by atoms with Crippen molar-refractivity contribution in [1.29, 1.82) is 0 Å². The van der Waals surface area contributed by atoms with Gasteiger partial charge in [0.2, 0.25) is 0 Å². The second-order valence-corrected chi connectivity index (χ2v) is 17.8. The summed E-state index contributed by atoms with van der Waals surface area (Å²) in [7, 11) is -4.27. The van der Waals surface area contributed by atoms with Gasteiger partial charge in [-0.05, 0) is 44.9 Å². The molecule has 0 saturated heterocycles. The molecule has 8 nitrogen and oxygen atoms in total. The lowest BCUT2D eigenvalue weighted by Gasteiger charge is -2.20. The van der Waals surface area contributed by atoms with Crippen LogP contribution >= 0.6 is 7.82 Å². The van der Waals surface area contributed by atoms with E-state index >= 15 is 0 Å². The minimum absolute atomic E-state index is 0.0931. The van der Waals surface area contributed by atoms with E-state index in [1.54, 1.807) is 0 Å². The van der Waals surface area contributed by atoms with Gasteiger partial charge in [0.15, 0.2) is 0 Å². The van der Waals surface area contributed by atoms with Crippen molar-refractivity contribution >= 4 is 13.8 Å². The van der Waals surface area contributed by atoms with Gasteiger partial charge in [-0.15, -0.1) is 0 Å². The van der Waals surface area contributed by atoms with Crippen molar-refractivity contribution in [3.63, 3.8) is 0 Å². The predicted octanol–water partition coefficient (Wildman–Crippen LogP) is 14.8. The summed E-state index contributed by atoms with van der Waals surface area (Å²) in [6, 6.07) is 0. The largest absolute Gasteiger partial charge is 0.472 e. The van der Waals surface area contributed by atoms with E-state index in [-0.39, 0.29) is 32.3 Å². The van der Waals surface area contributed by atoms with Crippen LogP contribution in [0, 0.1) is 0 Å². The van der Waals surface area contributed by atoms with Gasteiger partial charge >= 0.3 is 13.8 Å². The van der Waals surface area contributed by atoms with E-state index < -0.39 is 13.9 Å². The Morgan fingerprint density at radius 3 is 1.37 bits per heavy atom. The van der Waals surface area contributed by atoms with Gasteiger partial charge in [0.1, 0.15) is 6.10 Å². The number of carbonyl (C=O) groups excluding carboxylic acids is 1. The molecule has 0 aliphatic carbocycles. The van der Waals surface area contributed by atoms with Gasteiger partial charge in [0.05, 0.1) is 19.8 Å².